The summed E-state index contributed by atoms with van der Waals surface area (Å²) in [5.74, 6) is -0.0624. The smallest absolute Gasteiger partial charge is 0.243 e. The summed E-state index contributed by atoms with van der Waals surface area (Å²) in [5, 5.41) is 2.96. The first-order valence-corrected chi connectivity index (χ1v) is 14.1. The molecule has 35 heavy (non-hydrogen) atoms. The molecule has 8 heteroatoms. The number of hydrogen-bond acceptors (Lipinski definition) is 5. The zero-order valence-corrected chi connectivity index (χ0v) is 21.6. The van der Waals surface area contributed by atoms with Crippen molar-refractivity contribution in [3.63, 3.8) is 0 Å². The molecule has 0 bridgehead atoms. The van der Waals surface area contributed by atoms with Crippen LogP contribution < -0.4 is 10.2 Å². The number of anilines is 2. The summed E-state index contributed by atoms with van der Waals surface area (Å²) in [5.41, 5.74) is 2.84. The van der Waals surface area contributed by atoms with E-state index in [1.54, 1.807) is 16.4 Å². The fourth-order valence-electron chi connectivity index (χ4n) is 4.88. The number of morpholine rings is 1. The summed E-state index contributed by atoms with van der Waals surface area (Å²) in [4.78, 5) is 15.1. The molecular weight excluding hydrogens is 462 g/mol. The zero-order valence-electron chi connectivity index (χ0n) is 20.8. The monoisotopic (exact) mass is 499 g/mol. The highest BCUT2D eigenvalue weighted by Crippen LogP contribution is 2.23. The summed E-state index contributed by atoms with van der Waals surface area (Å²) in [6.07, 6.45) is 5.29. The number of sulfonamides is 1. The summed E-state index contributed by atoms with van der Waals surface area (Å²) in [7, 11) is -3.45. The highest BCUT2D eigenvalue weighted by molar-refractivity contribution is 7.89. The van der Waals surface area contributed by atoms with Crippen LogP contribution in [0.5, 0.6) is 0 Å². The molecule has 4 rings (SSSR count). The van der Waals surface area contributed by atoms with Gasteiger partial charge in [-0.2, -0.15) is 4.31 Å². The van der Waals surface area contributed by atoms with Crippen molar-refractivity contribution in [1.29, 1.82) is 0 Å². The quantitative estimate of drug-likeness (QED) is 0.610. The Morgan fingerprint density at radius 1 is 0.914 bits per heavy atom. The number of aryl methyl sites for hydroxylation is 1. The molecule has 2 unspecified atom stereocenters. The molecule has 2 aromatic rings. The lowest BCUT2D eigenvalue weighted by atomic mass is 10.1. The molecule has 0 aromatic heterocycles. The van der Waals surface area contributed by atoms with Crippen LogP contribution in [-0.2, 0) is 26.0 Å². The molecule has 2 aliphatic rings. The van der Waals surface area contributed by atoms with Gasteiger partial charge in [0.1, 0.15) is 0 Å². The molecule has 7 nitrogen and oxygen atoms in total. The number of ether oxygens (including phenoxy) is 1. The van der Waals surface area contributed by atoms with Crippen molar-refractivity contribution in [3.8, 4) is 0 Å². The number of rotatable bonds is 7. The topological polar surface area (TPSA) is 79.0 Å². The molecule has 0 radical (unpaired) electrons. The van der Waals surface area contributed by atoms with E-state index in [0.717, 1.165) is 55.7 Å². The van der Waals surface area contributed by atoms with Gasteiger partial charge in [-0.05, 0) is 75.1 Å². The summed E-state index contributed by atoms with van der Waals surface area (Å²) in [6.45, 7) is 7.06. The lowest BCUT2D eigenvalue weighted by Crippen LogP contribution is -2.45. The molecular formula is C27H37N3O4S. The lowest BCUT2D eigenvalue weighted by molar-refractivity contribution is -0.116. The Labute approximate surface area is 209 Å². The molecule has 190 valence electrons. The van der Waals surface area contributed by atoms with E-state index in [-0.39, 0.29) is 18.1 Å². The minimum Gasteiger partial charge on any atom is -0.372 e. The molecule has 2 aromatic carbocycles. The van der Waals surface area contributed by atoms with E-state index in [1.165, 1.54) is 0 Å². The molecule has 0 aliphatic carbocycles. The maximum Gasteiger partial charge on any atom is 0.243 e. The van der Waals surface area contributed by atoms with Gasteiger partial charge in [-0.15, -0.1) is 0 Å². The van der Waals surface area contributed by atoms with Crippen molar-refractivity contribution in [2.75, 3.05) is 36.4 Å². The van der Waals surface area contributed by atoms with Crippen LogP contribution >= 0.6 is 0 Å². The minimum atomic E-state index is -3.45. The third-order valence-electron chi connectivity index (χ3n) is 6.70. The average Bonchev–Trinajstić information content (AvgIpc) is 3.13. The zero-order chi connectivity index (χ0) is 24.8. The average molecular weight is 500 g/mol. The normalized spacial score (nSPS) is 21.9. The number of nitrogens with one attached hydrogen (secondary N) is 1. The van der Waals surface area contributed by atoms with Crippen LogP contribution in [0.3, 0.4) is 0 Å². The Kier molecular flexibility index (Phi) is 8.46. The van der Waals surface area contributed by atoms with E-state index in [1.807, 2.05) is 36.4 Å². The van der Waals surface area contributed by atoms with E-state index in [4.69, 9.17) is 4.74 Å². The van der Waals surface area contributed by atoms with Crippen molar-refractivity contribution in [1.82, 2.24) is 4.31 Å². The van der Waals surface area contributed by atoms with E-state index >= 15 is 0 Å². The van der Waals surface area contributed by atoms with E-state index in [2.05, 4.69) is 24.1 Å². The first-order chi connectivity index (χ1) is 16.8. The summed E-state index contributed by atoms with van der Waals surface area (Å²) < 4.78 is 33.3. The molecule has 2 heterocycles. The van der Waals surface area contributed by atoms with Gasteiger partial charge in [0.15, 0.2) is 0 Å². The number of hydrogen-bond donors (Lipinski definition) is 1. The van der Waals surface area contributed by atoms with Crippen LogP contribution in [-0.4, -0.2) is 57.0 Å². The number of benzene rings is 2. The second-order valence-corrected chi connectivity index (χ2v) is 11.7. The highest BCUT2D eigenvalue weighted by atomic mass is 32.2. The Bertz CT molecular complexity index is 1070. The predicted octanol–water partition coefficient (Wildman–Crippen LogP) is 4.44. The van der Waals surface area contributed by atoms with Gasteiger partial charge < -0.3 is 15.0 Å². The van der Waals surface area contributed by atoms with Gasteiger partial charge in [0.2, 0.25) is 15.9 Å². The highest BCUT2D eigenvalue weighted by Gasteiger charge is 2.25. The largest absolute Gasteiger partial charge is 0.372 e. The molecule has 0 saturated carbocycles. The number of amides is 1. The Morgan fingerprint density at radius 3 is 2.11 bits per heavy atom. The maximum absolute atomic E-state index is 12.9. The molecule has 2 saturated heterocycles. The summed E-state index contributed by atoms with van der Waals surface area (Å²) >= 11 is 0. The van der Waals surface area contributed by atoms with Gasteiger partial charge in [0.25, 0.3) is 0 Å². The second-order valence-electron chi connectivity index (χ2n) is 9.72. The summed E-state index contributed by atoms with van der Waals surface area (Å²) in [6, 6.07) is 14.9. The van der Waals surface area contributed by atoms with Gasteiger partial charge in [0.05, 0.1) is 17.1 Å². The fourth-order valence-corrected chi connectivity index (χ4v) is 6.40. The predicted molar refractivity (Wildman–Crippen MR) is 139 cm³/mol. The molecule has 1 amide bonds. The van der Waals surface area contributed by atoms with Crippen molar-refractivity contribution in [2.24, 2.45) is 0 Å². The van der Waals surface area contributed by atoms with Gasteiger partial charge in [-0.1, -0.05) is 25.0 Å². The number of carbonyl (C=O) groups is 1. The number of carbonyl (C=O) groups excluding carboxylic acids is 1. The molecule has 2 aliphatic heterocycles. The van der Waals surface area contributed by atoms with Crippen LogP contribution in [0.4, 0.5) is 11.4 Å². The van der Waals surface area contributed by atoms with Crippen LogP contribution in [0.1, 0.15) is 51.5 Å². The van der Waals surface area contributed by atoms with Gasteiger partial charge in [0, 0.05) is 44.0 Å². The van der Waals surface area contributed by atoms with Crippen molar-refractivity contribution in [2.45, 2.75) is 69.5 Å². The Hall–Kier alpha value is -2.42. The third-order valence-corrected chi connectivity index (χ3v) is 8.62. The Morgan fingerprint density at radius 2 is 1.51 bits per heavy atom. The third kappa shape index (κ3) is 6.84. The minimum absolute atomic E-state index is 0.0624. The van der Waals surface area contributed by atoms with E-state index < -0.39 is 10.0 Å². The van der Waals surface area contributed by atoms with Crippen LogP contribution in [0.15, 0.2) is 53.4 Å². The van der Waals surface area contributed by atoms with Gasteiger partial charge in [-0.25, -0.2) is 8.42 Å². The molecule has 0 spiro atoms. The standard InChI is InChI=1S/C27H37N3O4S/c1-21-19-29(20-22(2)34-21)25-12-10-24(11-13-25)28-27(31)16-9-23-7-14-26(15-8-23)35(32,33)30-17-5-3-4-6-18-30/h7-8,10-15,21-22H,3-6,9,16-20H2,1-2H3,(H,28,31). The second kappa shape index (κ2) is 11.5. The maximum atomic E-state index is 12.9. The van der Waals surface area contributed by atoms with Crippen LogP contribution in [0, 0.1) is 0 Å². The lowest BCUT2D eigenvalue weighted by Gasteiger charge is -2.36. The molecule has 2 fully saturated rings. The van der Waals surface area contributed by atoms with Crippen LogP contribution in [0.2, 0.25) is 0 Å². The van der Waals surface area contributed by atoms with E-state index in [9.17, 15) is 13.2 Å². The van der Waals surface area contributed by atoms with Crippen molar-refractivity contribution >= 4 is 27.3 Å². The fraction of sp³-hybridized carbons (Fsp3) is 0.519. The van der Waals surface area contributed by atoms with Crippen molar-refractivity contribution < 1.29 is 17.9 Å². The van der Waals surface area contributed by atoms with Crippen LogP contribution in [0.25, 0.3) is 0 Å². The first kappa shape index (κ1) is 25.7. The Balaban J connectivity index is 1.28. The molecule has 1 N–H and O–H groups in total. The van der Waals surface area contributed by atoms with E-state index in [0.29, 0.717) is 30.8 Å². The SMILES string of the molecule is CC1CN(c2ccc(NC(=O)CCc3ccc(S(=O)(=O)N4CCCCCC4)cc3)cc2)CC(C)O1. The molecule has 2 atom stereocenters. The number of nitrogens with zero attached hydrogens (tertiary/aromatic N) is 2. The van der Waals surface area contributed by atoms with Gasteiger partial charge >= 0.3 is 0 Å². The first-order valence-electron chi connectivity index (χ1n) is 12.7. The van der Waals surface area contributed by atoms with Gasteiger partial charge in [-0.3, -0.25) is 4.79 Å². The van der Waals surface area contributed by atoms with Crippen molar-refractivity contribution in [3.05, 3.63) is 54.1 Å².